The molecule has 26 heavy (non-hydrogen) atoms. The predicted molar refractivity (Wildman–Crippen MR) is 95.9 cm³/mol. The number of ether oxygens (including phenoxy) is 1. The summed E-state index contributed by atoms with van der Waals surface area (Å²) < 4.78 is 5.50. The molecule has 2 aliphatic rings. The van der Waals surface area contributed by atoms with Gasteiger partial charge in [0.25, 0.3) is 0 Å². The Hall–Kier alpha value is -2.54. The molecule has 2 atom stereocenters. The molecule has 0 unspecified atom stereocenters. The van der Waals surface area contributed by atoms with Crippen molar-refractivity contribution in [1.29, 1.82) is 0 Å². The molecule has 136 valence electrons. The number of aliphatic carboxylic acids is 1. The van der Waals surface area contributed by atoms with Gasteiger partial charge in [0.05, 0.1) is 12.3 Å². The van der Waals surface area contributed by atoms with E-state index in [9.17, 15) is 9.90 Å². The maximum atomic E-state index is 11.9. The van der Waals surface area contributed by atoms with Crippen molar-refractivity contribution in [3.63, 3.8) is 0 Å². The predicted octanol–water partition coefficient (Wildman–Crippen LogP) is 2.08. The van der Waals surface area contributed by atoms with E-state index < -0.39 is 11.4 Å². The highest BCUT2D eigenvalue weighted by Crippen LogP contribution is 2.42. The van der Waals surface area contributed by atoms with Crippen LogP contribution in [0.3, 0.4) is 0 Å². The summed E-state index contributed by atoms with van der Waals surface area (Å²) in [7, 11) is 0. The molecule has 4 heterocycles. The van der Waals surface area contributed by atoms with Gasteiger partial charge in [-0.1, -0.05) is 0 Å². The fourth-order valence-corrected chi connectivity index (χ4v) is 4.05. The van der Waals surface area contributed by atoms with Crippen LogP contribution in [0.4, 0.5) is 5.95 Å². The highest BCUT2D eigenvalue weighted by Gasteiger charge is 2.54. The minimum Gasteiger partial charge on any atom is -0.481 e. The Morgan fingerprint density at radius 3 is 2.88 bits per heavy atom. The van der Waals surface area contributed by atoms with E-state index >= 15 is 0 Å². The van der Waals surface area contributed by atoms with Crippen molar-refractivity contribution in [1.82, 2.24) is 15.0 Å². The largest absolute Gasteiger partial charge is 0.481 e. The standard InChI is InChI=1S/C19H22N4O3/c1-12-3-4-15(13(2)21-12)16-5-7-20-18(22-16)23-9-14-6-8-26-11-19(14,10-23)17(24)25/h3-5,7,14H,6,8-11H2,1-2H3,(H,24,25)/t14-,19+/m0/s1. The number of aromatic nitrogens is 3. The summed E-state index contributed by atoms with van der Waals surface area (Å²) in [5.41, 5.74) is 2.79. The van der Waals surface area contributed by atoms with Crippen molar-refractivity contribution >= 4 is 11.9 Å². The number of carboxylic acid groups (broad SMARTS) is 1. The second-order valence-electron chi connectivity index (χ2n) is 7.21. The van der Waals surface area contributed by atoms with E-state index in [1.165, 1.54) is 0 Å². The summed E-state index contributed by atoms with van der Waals surface area (Å²) in [5, 5.41) is 9.80. The Balaban J connectivity index is 1.66. The molecule has 2 aromatic heterocycles. The highest BCUT2D eigenvalue weighted by molar-refractivity contribution is 5.77. The van der Waals surface area contributed by atoms with Gasteiger partial charge in [-0.05, 0) is 44.4 Å². The van der Waals surface area contributed by atoms with Gasteiger partial charge in [-0.3, -0.25) is 9.78 Å². The van der Waals surface area contributed by atoms with E-state index in [1.54, 1.807) is 6.20 Å². The molecule has 7 nitrogen and oxygen atoms in total. The monoisotopic (exact) mass is 354 g/mol. The van der Waals surface area contributed by atoms with Crippen molar-refractivity contribution in [3.05, 3.63) is 35.8 Å². The molecule has 2 aliphatic heterocycles. The Bertz CT molecular complexity index is 856. The zero-order valence-electron chi connectivity index (χ0n) is 15.0. The summed E-state index contributed by atoms with van der Waals surface area (Å²) in [6, 6.07) is 5.84. The number of pyridine rings is 1. The Morgan fingerprint density at radius 2 is 2.15 bits per heavy atom. The number of hydrogen-bond acceptors (Lipinski definition) is 6. The lowest BCUT2D eigenvalue weighted by Crippen LogP contribution is -2.46. The third-order valence-electron chi connectivity index (χ3n) is 5.52. The Labute approximate surface area is 152 Å². The second kappa shape index (κ2) is 6.32. The number of fused-ring (bicyclic) bond motifs is 1. The first kappa shape index (κ1) is 16.9. The van der Waals surface area contributed by atoms with Crippen LogP contribution in [0.2, 0.25) is 0 Å². The molecule has 1 N–H and O–H groups in total. The molecule has 0 spiro atoms. The summed E-state index contributed by atoms with van der Waals surface area (Å²) in [6.07, 6.45) is 2.48. The van der Waals surface area contributed by atoms with Gasteiger partial charge in [0.1, 0.15) is 5.41 Å². The summed E-state index contributed by atoms with van der Waals surface area (Å²) in [6.45, 7) is 5.81. The van der Waals surface area contributed by atoms with Crippen LogP contribution < -0.4 is 4.90 Å². The fraction of sp³-hybridized carbons (Fsp3) is 0.474. The molecule has 2 saturated heterocycles. The molecular weight excluding hydrogens is 332 g/mol. The summed E-state index contributed by atoms with van der Waals surface area (Å²) in [5.74, 6) is -0.166. The molecular formula is C19H22N4O3. The molecule has 0 radical (unpaired) electrons. The van der Waals surface area contributed by atoms with Gasteiger partial charge in [0.15, 0.2) is 0 Å². The third kappa shape index (κ3) is 2.72. The first-order valence-electron chi connectivity index (χ1n) is 8.83. The van der Waals surface area contributed by atoms with Gasteiger partial charge >= 0.3 is 5.97 Å². The van der Waals surface area contributed by atoms with Gasteiger partial charge < -0.3 is 14.7 Å². The van der Waals surface area contributed by atoms with Crippen LogP contribution >= 0.6 is 0 Å². The van der Waals surface area contributed by atoms with E-state index in [0.717, 1.165) is 29.1 Å². The van der Waals surface area contributed by atoms with Crippen molar-refractivity contribution in [2.45, 2.75) is 20.3 Å². The number of nitrogens with zero attached hydrogens (tertiary/aromatic N) is 4. The smallest absolute Gasteiger partial charge is 0.314 e. The van der Waals surface area contributed by atoms with Gasteiger partial charge in [-0.2, -0.15) is 0 Å². The number of rotatable bonds is 3. The molecule has 2 fully saturated rings. The fourth-order valence-electron chi connectivity index (χ4n) is 4.05. The topological polar surface area (TPSA) is 88.4 Å². The maximum absolute atomic E-state index is 11.9. The van der Waals surface area contributed by atoms with Gasteiger partial charge in [0, 0.05) is 42.8 Å². The van der Waals surface area contributed by atoms with Gasteiger partial charge in [-0.15, -0.1) is 0 Å². The van der Waals surface area contributed by atoms with E-state index in [0.29, 0.717) is 25.6 Å². The zero-order valence-corrected chi connectivity index (χ0v) is 15.0. The molecule has 2 aromatic rings. The lowest BCUT2D eigenvalue weighted by atomic mass is 9.76. The number of aryl methyl sites for hydroxylation is 2. The Kier molecular flexibility index (Phi) is 4.11. The SMILES string of the molecule is Cc1ccc(-c2ccnc(N3C[C@@H]4CCOC[C@]4(C(=O)O)C3)n2)c(C)n1. The minimum atomic E-state index is -0.862. The van der Waals surface area contributed by atoms with E-state index in [2.05, 4.69) is 9.97 Å². The van der Waals surface area contributed by atoms with Crippen LogP contribution in [0.5, 0.6) is 0 Å². The van der Waals surface area contributed by atoms with Gasteiger partial charge in [-0.25, -0.2) is 9.97 Å². The maximum Gasteiger partial charge on any atom is 0.314 e. The van der Waals surface area contributed by atoms with Crippen LogP contribution in [0.15, 0.2) is 24.4 Å². The lowest BCUT2D eigenvalue weighted by Gasteiger charge is -2.33. The van der Waals surface area contributed by atoms with Crippen molar-refractivity contribution in [2.24, 2.45) is 11.3 Å². The third-order valence-corrected chi connectivity index (χ3v) is 5.52. The molecule has 0 aliphatic carbocycles. The van der Waals surface area contributed by atoms with Crippen molar-refractivity contribution in [3.8, 4) is 11.3 Å². The molecule has 4 rings (SSSR count). The van der Waals surface area contributed by atoms with Gasteiger partial charge in [0.2, 0.25) is 5.95 Å². The molecule has 0 amide bonds. The number of anilines is 1. The molecule has 0 saturated carbocycles. The van der Waals surface area contributed by atoms with Crippen LogP contribution in [0.25, 0.3) is 11.3 Å². The van der Waals surface area contributed by atoms with Crippen molar-refractivity contribution in [2.75, 3.05) is 31.2 Å². The quantitative estimate of drug-likeness (QED) is 0.903. The van der Waals surface area contributed by atoms with Crippen LogP contribution in [-0.4, -0.2) is 52.3 Å². The number of hydrogen-bond donors (Lipinski definition) is 1. The van der Waals surface area contributed by atoms with Crippen LogP contribution in [0.1, 0.15) is 17.8 Å². The van der Waals surface area contributed by atoms with E-state index in [1.807, 2.05) is 36.9 Å². The normalized spacial score (nSPS) is 25.2. The first-order valence-corrected chi connectivity index (χ1v) is 8.83. The number of carboxylic acids is 1. The molecule has 0 aromatic carbocycles. The first-order chi connectivity index (χ1) is 12.5. The minimum absolute atomic E-state index is 0.0591. The Morgan fingerprint density at radius 1 is 1.31 bits per heavy atom. The zero-order chi connectivity index (χ0) is 18.3. The molecule has 0 bridgehead atoms. The summed E-state index contributed by atoms with van der Waals surface area (Å²) in [4.78, 5) is 27.5. The summed E-state index contributed by atoms with van der Waals surface area (Å²) >= 11 is 0. The van der Waals surface area contributed by atoms with Crippen LogP contribution in [-0.2, 0) is 9.53 Å². The molecule has 7 heteroatoms. The average molecular weight is 354 g/mol. The van der Waals surface area contributed by atoms with E-state index in [-0.39, 0.29) is 12.5 Å². The average Bonchev–Trinajstić information content (AvgIpc) is 3.03. The highest BCUT2D eigenvalue weighted by atomic mass is 16.5. The van der Waals surface area contributed by atoms with E-state index in [4.69, 9.17) is 9.72 Å². The van der Waals surface area contributed by atoms with Crippen LogP contribution in [0, 0.1) is 25.2 Å². The second-order valence-corrected chi connectivity index (χ2v) is 7.21. The van der Waals surface area contributed by atoms with Crippen molar-refractivity contribution < 1.29 is 14.6 Å². The number of carbonyl (C=O) groups is 1. The lowest BCUT2D eigenvalue weighted by molar-refractivity contribution is -0.159.